The van der Waals surface area contributed by atoms with E-state index >= 15 is 0 Å². The SMILES string of the molecule is COc1ccc(S(=O)(=O)Nc2ccc(C=C3SC(=O)N(CC4(C)CCCCC4)C3=O)cc2)cc1. The Balaban J connectivity index is 1.44. The number of hydrogen-bond acceptors (Lipinski definition) is 6. The van der Waals surface area contributed by atoms with Gasteiger partial charge in [0.1, 0.15) is 5.75 Å². The zero-order valence-corrected chi connectivity index (χ0v) is 20.9. The van der Waals surface area contributed by atoms with Gasteiger partial charge in [-0.25, -0.2) is 8.42 Å². The van der Waals surface area contributed by atoms with Crippen molar-refractivity contribution in [3.05, 3.63) is 59.0 Å². The second kappa shape index (κ2) is 9.84. The Bertz CT molecular complexity index is 1200. The van der Waals surface area contributed by atoms with Crippen molar-refractivity contribution in [1.82, 2.24) is 4.90 Å². The van der Waals surface area contributed by atoms with Gasteiger partial charge < -0.3 is 4.74 Å². The summed E-state index contributed by atoms with van der Waals surface area (Å²) in [5.74, 6) is 0.312. The predicted molar refractivity (Wildman–Crippen MR) is 134 cm³/mol. The lowest BCUT2D eigenvalue weighted by Gasteiger charge is -2.35. The Hall–Kier alpha value is -2.78. The van der Waals surface area contributed by atoms with E-state index in [1.165, 1.54) is 30.6 Å². The van der Waals surface area contributed by atoms with Gasteiger partial charge >= 0.3 is 0 Å². The maximum Gasteiger partial charge on any atom is 0.293 e. The summed E-state index contributed by atoms with van der Waals surface area (Å²) in [5.41, 5.74) is 1.09. The van der Waals surface area contributed by atoms with Crippen molar-refractivity contribution in [3.63, 3.8) is 0 Å². The van der Waals surface area contributed by atoms with Gasteiger partial charge in [-0.2, -0.15) is 0 Å². The maximum absolute atomic E-state index is 12.9. The van der Waals surface area contributed by atoms with Gasteiger partial charge in [0.2, 0.25) is 0 Å². The molecule has 1 aliphatic heterocycles. The highest BCUT2D eigenvalue weighted by Crippen LogP contribution is 2.40. The predicted octanol–water partition coefficient (Wildman–Crippen LogP) is 5.50. The second-order valence-corrected chi connectivity index (χ2v) is 11.7. The minimum absolute atomic E-state index is 0.0116. The summed E-state index contributed by atoms with van der Waals surface area (Å²) < 4.78 is 32.8. The van der Waals surface area contributed by atoms with E-state index in [4.69, 9.17) is 4.74 Å². The first-order valence-electron chi connectivity index (χ1n) is 11.2. The number of benzene rings is 2. The number of sulfonamides is 1. The number of thioether (sulfide) groups is 1. The number of anilines is 1. The molecule has 1 aliphatic carbocycles. The molecule has 2 amide bonds. The van der Waals surface area contributed by atoms with Gasteiger partial charge in [0, 0.05) is 12.2 Å². The summed E-state index contributed by atoms with van der Waals surface area (Å²) >= 11 is 0.955. The molecule has 2 aliphatic rings. The molecule has 2 aromatic carbocycles. The van der Waals surface area contributed by atoms with Gasteiger partial charge in [0.25, 0.3) is 21.2 Å². The summed E-state index contributed by atoms with van der Waals surface area (Å²) in [4.78, 5) is 27.3. The van der Waals surface area contributed by atoms with Gasteiger partial charge in [-0.3, -0.25) is 19.2 Å². The average Bonchev–Trinajstić information content (AvgIpc) is 3.07. The molecule has 4 rings (SSSR count). The van der Waals surface area contributed by atoms with Crippen LogP contribution < -0.4 is 9.46 Å². The van der Waals surface area contributed by atoms with Crippen molar-refractivity contribution in [2.24, 2.45) is 5.41 Å². The van der Waals surface area contributed by atoms with Crippen LogP contribution in [0.1, 0.15) is 44.6 Å². The maximum atomic E-state index is 12.9. The van der Waals surface area contributed by atoms with E-state index in [0.29, 0.717) is 28.5 Å². The Labute approximate surface area is 204 Å². The Morgan fingerprint density at radius 2 is 1.68 bits per heavy atom. The van der Waals surface area contributed by atoms with Crippen LogP contribution in [0.15, 0.2) is 58.3 Å². The van der Waals surface area contributed by atoms with Gasteiger partial charge in [-0.1, -0.05) is 38.3 Å². The molecule has 1 saturated carbocycles. The van der Waals surface area contributed by atoms with Crippen LogP contribution in [-0.2, 0) is 14.8 Å². The van der Waals surface area contributed by atoms with Gasteiger partial charge in [0.05, 0.1) is 16.9 Å². The lowest BCUT2D eigenvalue weighted by molar-refractivity contribution is -0.124. The number of nitrogens with one attached hydrogen (secondary N) is 1. The molecule has 1 N–H and O–H groups in total. The molecule has 0 spiro atoms. The van der Waals surface area contributed by atoms with Crippen LogP contribution >= 0.6 is 11.8 Å². The minimum atomic E-state index is -3.75. The van der Waals surface area contributed by atoms with E-state index in [1.807, 2.05) is 0 Å². The fourth-order valence-electron chi connectivity index (χ4n) is 4.35. The number of carbonyl (C=O) groups excluding carboxylic acids is 2. The summed E-state index contributed by atoms with van der Waals surface area (Å²) in [6.07, 6.45) is 7.22. The van der Waals surface area contributed by atoms with Crippen LogP contribution in [-0.4, -0.2) is 38.1 Å². The van der Waals surface area contributed by atoms with Crippen LogP contribution in [0.4, 0.5) is 10.5 Å². The second-order valence-electron chi connectivity index (χ2n) is 9.04. The minimum Gasteiger partial charge on any atom is -0.497 e. The lowest BCUT2D eigenvalue weighted by atomic mass is 9.75. The lowest BCUT2D eigenvalue weighted by Crippen LogP contribution is -2.39. The third-order valence-electron chi connectivity index (χ3n) is 6.30. The number of imide groups is 1. The Kier molecular flexibility index (Phi) is 7.04. The van der Waals surface area contributed by atoms with E-state index < -0.39 is 10.0 Å². The number of carbonyl (C=O) groups is 2. The zero-order valence-electron chi connectivity index (χ0n) is 19.2. The molecule has 180 valence electrons. The van der Waals surface area contributed by atoms with Crippen molar-refractivity contribution in [2.45, 2.75) is 43.9 Å². The molecule has 0 aromatic heterocycles. The smallest absolute Gasteiger partial charge is 0.293 e. The van der Waals surface area contributed by atoms with Crippen LogP contribution in [0, 0.1) is 5.41 Å². The molecule has 9 heteroatoms. The highest BCUT2D eigenvalue weighted by atomic mass is 32.2. The molecule has 0 bridgehead atoms. The molecular formula is C25H28N2O5S2. The summed E-state index contributed by atoms with van der Waals surface area (Å²) in [6.45, 7) is 2.62. The van der Waals surface area contributed by atoms with E-state index in [0.717, 1.165) is 37.4 Å². The van der Waals surface area contributed by atoms with Crippen molar-refractivity contribution >= 4 is 44.7 Å². The van der Waals surface area contributed by atoms with Crippen LogP contribution in [0.3, 0.4) is 0 Å². The Morgan fingerprint density at radius 1 is 1.03 bits per heavy atom. The molecule has 34 heavy (non-hydrogen) atoms. The van der Waals surface area contributed by atoms with E-state index in [-0.39, 0.29) is 21.5 Å². The summed E-state index contributed by atoms with van der Waals surface area (Å²) in [6, 6.07) is 12.8. The first-order valence-corrected chi connectivity index (χ1v) is 13.5. The molecule has 1 heterocycles. The molecule has 0 radical (unpaired) electrons. The summed E-state index contributed by atoms with van der Waals surface area (Å²) in [7, 11) is -2.23. The van der Waals surface area contributed by atoms with Gasteiger partial charge in [0.15, 0.2) is 0 Å². The highest BCUT2D eigenvalue weighted by Gasteiger charge is 2.40. The fourth-order valence-corrected chi connectivity index (χ4v) is 6.25. The number of methoxy groups -OCH3 is 1. The number of nitrogens with zero attached hydrogens (tertiary/aromatic N) is 1. The molecule has 2 fully saturated rings. The van der Waals surface area contributed by atoms with E-state index in [1.54, 1.807) is 42.5 Å². The number of ether oxygens (including phenoxy) is 1. The molecule has 2 aromatic rings. The van der Waals surface area contributed by atoms with E-state index in [9.17, 15) is 18.0 Å². The first kappa shape index (κ1) is 24.3. The normalized spacial score (nSPS) is 19.5. The third-order valence-corrected chi connectivity index (χ3v) is 8.61. The van der Waals surface area contributed by atoms with Crippen molar-refractivity contribution in [1.29, 1.82) is 0 Å². The van der Waals surface area contributed by atoms with E-state index in [2.05, 4.69) is 11.6 Å². The molecule has 7 nitrogen and oxygen atoms in total. The Morgan fingerprint density at radius 3 is 2.29 bits per heavy atom. The monoisotopic (exact) mass is 500 g/mol. The topological polar surface area (TPSA) is 92.8 Å². The van der Waals surface area contributed by atoms with Gasteiger partial charge in [-0.05, 0) is 78.1 Å². The zero-order chi connectivity index (χ0) is 24.3. The van der Waals surface area contributed by atoms with Crippen molar-refractivity contribution in [3.8, 4) is 5.75 Å². The largest absolute Gasteiger partial charge is 0.497 e. The number of rotatable bonds is 7. The van der Waals surface area contributed by atoms with Gasteiger partial charge in [-0.15, -0.1) is 0 Å². The highest BCUT2D eigenvalue weighted by molar-refractivity contribution is 8.18. The average molecular weight is 501 g/mol. The molecular weight excluding hydrogens is 472 g/mol. The van der Waals surface area contributed by atoms with Crippen LogP contribution in [0.5, 0.6) is 5.75 Å². The number of hydrogen-bond donors (Lipinski definition) is 1. The van der Waals surface area contributed by atoms with Crippen molar-refractivity contribution < 1.29 is 22.7 Å². The van der Waals surface area contributed by atoms with Crippen LogP contribution in [0.25, 0.3) is 6.08 Å². The molecule has 1 saturated heterocycles. The van der Waals surface area contributed by atoms with Crippen LogP contribution in [0.2, 0.25) is 0 Å². The molecule has 0 unspecified atom stereocenters. The quantitative estimate of drug-likeness (QED) is 0.505. The molecule has 0 atom stereocenters. The summed E-state index contributed by atoms with van der Waals surface area (Å²) in [5, 5.41) is -0.230. The standard InChI is InChI=1S/C25H28N2O5S2/c1-25(14-4-3-5-15-25)17-27-23(28)22(33-24(27)29)16-18-6-8-19(9-7-18)26-34(30,31)21-12-10-20(32-2)11-13-21/h6-13,16,26H,3-5,14-15,17H2,1-2H3. The van der Waals surface area contributed by atoms with Crippen molar-refractivity contribution in [2.75, 3.05) is 18.4 Å². The number of amides is 2. The fraction of sp³-hybridized carbons (Fsp3) is 0.360. The third kappa shape index (κ3) is 5.47. The first-order chi connectivity index (χ1) is 16.2.